The van der Waals surface area contributed by atoms with Gasteiger partial charge in [0.25, 0.3) is 5.91 Å². The third-order valence-corrected chi connectivity index (χ3v) is 4.49. The Hall–Kier alpha value is -0.750. The van der Waals surface area contributed by atoms with Gasteiger partial charge in [0.1, 0.15) is 0 Å². The zero-order chi connectivity index (χ0) is 14.9. The molecule has 2 aromatic carbocycles. The van der Waals surface area contributed by atoms with Crippen LogP contribution in [0.2, 0.25) is 10.0 Å². The molecule has 0 saturated carbocycles. The Morgan fingerprint density at radius 2 is 1.60 bits per heavy atom. The van der Waals surface area contributed by atoms with Gasteiger partial charge in [0, 0.05) is 14.5 Å². The maximum absolute atomic E-state index is 12.2. The second-order valence-electron chi connectivity index (χ2n) is 3.90. The number of anilines is 2. The van der Waals surface area contributed by atoms with Gasteiger partial charge in [0.2, 0.25) is 0 Å². The van der Waals surface area contributed by atoms with Crippen LogP contribution >= 0.6 is 55.1 Å². The van der Waals surface area contributed by atoms with E-state index in [0.717, 1.165) is 8.95 Å². The second kappa shape index (κ2) is 6.35. The standard InChI is InChI=1S/C13H8Br2Cl2N2O/c14-7-2-1-3-8(15)12(7)19-13(20)6-4-9(16)11(18)10(17)5-6/h1-5H,18H2,(H,19,20). The molecule has 0 heterocycles. The number of benzene rings is 2. The summed E-state index contributed by atoms with van der Waals surface area (Å²) >= 11 is 18.6. The number of carbonyl (C=O) groups excluding carboxylic acids is 1. The van der Waals surface area contributed by atoms with E-state index < -0.39 is 0 Å². The van der Waals surface area contributed by atoms with Crippen molar-refractivity contribution in [3.63, 3.8) is 0 Å². The fraction of sp³-hybridized carbons (Fsp3) is 0. The summed E-state index contributed by atoms with van der Waals surface area (Å²) < 4.78 is 1.51. The van der Waals surface area contributed by atoms with Crippen LogP contribution in [0.25, 0.3) is 0 Å². The van der Waals surface area contributed by atoms with Crippen LogP contribution in [0.1, 0.15) is 10.4 Å². The first-order valence-electron chi connectivity index (χ1n) is 5.40. The maximum Gasteiger partial charge on any atom is 0.255 e. The Morgan fingerprint density at radius 3 is 2.10 bits per heavy atom. The van der Waals surface area contributed by atoms with Crippen molar-refractivity contribution in [3.05, 3.63) is 54.9 Å². The summed E-state index contributed by atoms with van der Waals surface area (Å²) in [6, 6.07) is 8.44. The first kappa shape index (κ1) is 15.6. The minimum atomic E-state index is -0.332. The highest BCUT2D eigenvalue weighted by molar-refractivity contribution is 9.11. The Kier molecular flexibility index (Phi) is 4.96. The third kappa shape index (κ3) is 3.28. The van der Waals surface area contributed by atoms with Crippen molar-refractivity contribution in [2.75, 3.05) is 11.1 Å². The number of nitrogens with one attached hydrogen (secondary N) is 1. The van der Waals surface area contributed by atoms with Gasteiger partial charge < -0.3 is 11.1 Å². The van der Waals surface area contributed by atoms with E-state index in [-0.39, 0.29) is 21.6 Å². The van der Waals surface area contributed by atoms with E-state index in [1.807, 2.05) is 18.2 Å². The molecule has 1 amide bonds. The molecule has 20 heavy (non-hydrogen) atoms. The normalized spacial score (nSPS) is 10.4. The average molecular weight is 439 g/mol. The molecule has 0 spiro atoms. The molecule has 2 rings (SSSR count). The number of hydrogen-bond acceptors (Lipinski definition) is 2. The predicted molar refractivity (Wildman–Crippen MR) is 90.7 cm³/mol. The van der Waals surface area contributed by atoms with Crippen LogP contribution in [-0.2, 0) is 0 Å². The molecule has 0 aliphatic rings. The molecule has 0 unspecified atom stereocenters. The Labute approximate surface area is 142 Å². The quantitative estimate of drug-likeness (QED) is 0.621. The van der Waals surface area contributed by atoms with Crippen LogP contribution in [0.3, 0.4) is 0 Å². The monoisotopic (exact) mass is 436 g/mol. The number of carbonyl (C=O) groups is 1. The lowest BCUT2D eigenvalue weighted by Crippen LogP contribution is -2.13. The molecule has 0 aromatic heterocycles. The highest BCUT2D eigenvalue weighted by atomic mass is 79.9. The van der Waals surface area contributed by atoms with E-state index in [1.54, 1.807) is 0 Å². The lowest BCUT2D eigenvalue weighted by Gasteiger charge is -2.11. The molecular weight excluding hydrogens is 431 g/mol. The van der Waals surface area contributed by atoms with Crippen LogP contribution in [0, 0.1) is 0 Å². The van der Waals surface area contributed by atoms with Gasteiger partial charge in [0.05, 0.1) is 21.4 Å². The van der Waals surface area contributed by atoms with E-state index in [1.165, 1.54) is 12.1 Å². The molecule has 3 N–H and O–H groups in total. The lowest BCUT2D eigenvalue weighted by molar-refractivity contribution is 0.102. The van der Waals surface area contributed by atoms with Crippen LogP contribution in [-0.4, -0.2) is 5.91 Å². The number of rotatable bonds is 2. The van der Waals surface area contributed by atoms with Gasteiger partial charge in [0.15, 0.2) is 0 Å². The van der Waals surface area contributed by atoms with Crippen LogP contribution in [0.5, 0.6) is 0 Å². The van der Waals surface area contributed by atoms with Gasteiger partial charge in [-0.1, -0.05) is 29.3 Å². The Balaban J connectivity index is 2.34. The van der Waals surface area contributed by atoms with E-state index in [0.29, 0.717) is 11.3 Å². The molecule has 0 saturated heterocycles. The van der Waals surface area contributed by atoms with Crippen molar-refractivity contribution >= 4 is 72.3 Å². The number of hydrogen-bond donors (Lipinski definition) is 2. The molecule has 0 aliphatic carbocycles. The van der Waals surface area contributed by atoms with Gasteiger partial charge in [-0.05, 0) is 56.1 Å². The van der Waals surface area contributed by atoms with E-state index in [4.69, 9.17) is 28.9 Å². The predicted octanol–water partition coefficient (Wildman–Crippen LogP) is 5.35. The zero-order valence-corrected chi connectivity index (χ0v) is 14.6. The van der Waals surface area contributed by atoms with Crippen molar-refractivity contribution in [2.45, 2.75) is 0 Å². The van der Waals surface area contributed by atoms with Crippen molar-refractivity contribution in [1.82, 2.24) is 0 Å². The molecule has 0 atom stereocenters. The summed E-state index contributed by atoms with van der Waals surface area (Å²) in [4.78, 5) is 12.2. The third-order valence-electron chi connectivity index (χ3n) is 2.54. The smallest absolute Gasteiger partial charge is 0.255 e. The van der Waals surface area contributed by atoms with Crippen molar-refractivity contribution < 1.29 is 4.79 Å². The second-order valence-corrected chi connectivity index (χ2v) is 6.43. The summed E-state index contributed by atoms with van der Waals surface area (Å²) in [6.45, 7) is 0. The fourth-order valence-electron chi connectivity index (χ4n) is 1.52. The lowest BCUT2D eigenvalue weighted by atomic mass is 10.2. The van der Waals surface area contributed by atoms with Crippen molar-refractivity contribution in [2.24, 2.45) is 0 Å². The molecule has 7 heteroatoms. The highest BCUT2D eigenvalue weighted by Gasteiger charge is 2.14. The SMILES string of the molecule is Nc1c(Cl)cc(C(=O)Nc2c(Br)cccc2Br)cc1Cl. The molecule has 2 aromatic rings. The van der Waals surface area contributed by atoms with Gasteiger partial charge in [-0.25, -0.2) is 0 Å². The molecule has 0 radical (unpaired) electrons. The number of amides is 1. The summed E-state index contributed by atoms with van der Waals surface area (Å²) in [5, 5.41) is 3.27. The Morgan fingerprint density at radius 1 is 1.10 bits per heavy atom. The number of para-hydroxylation sites is 1. The van der Waals surface area contributed by atoms with Gasteiger partial charge >= 0.3 is 0 Å². The van der Waals surface area contributed by atoms with Gasteiger partial charge in [-0.15, -0.1) is 0 Å². The summed E-state index contributed by atoms with van der Waals surface area (Å²) in [5.74, 6) is -0.332. The first-order chi connectivity index (χ1) is 9.40. The minimum Gasteiger partial charge on any atom is -0.396 e. The topological polar surface area (TPSA) is 55.1 Å². The van der Waals surface area contributed by atoms with Crippen LogP contribution in [0.4, 0.5) is 11.4 Å². The molecule has 0 bridgehead atoms. The van der Waals surface area contributed by atoms with Crippen LogP contribution in [0.15, 0.2) is 39.3 Å². The molecule has 0 fully saturated rings. The van der Waals surface area contributed by atoms with Crippen molar-refractivity contribution in [3.8, 4) is 0 Å². The molecule has 0 aliphatic heterocycles. The fourth-order valence-corrected chi connectivity index (χ4v) is 3.20. The minimum absolute atomic E-state index is 0.244. The average Bonchev–Trinajstić information content (AvgIpc) is 2.39. The summed E-state index contributed by atoms with van der Waals surface area (Å²) in [6.07, 6.45) is 0. The number of halogens is 4. The number of nitrogens with two attached hydrogens (primary N) is 1. The largest absolute Gasteiger partial charge is 0.396 e. The van der Waals surface area contributed by atoms with E-state index in [2.05, 4.69) is 37.2 Å². The van der Waals surface area contributed by atoms with E-state index in [9.17, 15) is 4.79 Å². The van der Waals surface area contributed by atoms with Crippen molar-refractivity contribution in [1.29, 1.82) is 0 Å². The highest BCUT2D eigenvalue weighted by Crippen LogP contribution is 2.32. The summed E-state index contributed by atoms with van der Waals surface area (Å²) in [5.41, 5.74) is 6.85. The summed E-state index contributed by atoms with van der Waals surface area (Å²) in [7, 11) is 0. The van der Waals surface area contributed by atoms with Crippen LogP contribution < -0.4 is 11.1 Å². The zero-order valence-electron chi connectivity index (χ0n) is 9.88. The first-order valence-corrected chi connectivity index (χ1v) is 7.74. The van der Waals surface area contributed by atoms with E-state index >= 15 is 0 Å². The van der Waals surface area contributed by atoms with Gasteiger partial charge in [-0.2, -0.15) is 0 Å². The van der Waals surface area contributed by atoms with Gasteiger partial charge in [-0.3, -0.25) is 4.79 Å². The number of nitrogen functional groups attached to an aromatic ring is 1. The maximum atomic E-state index is 12.2. The molecule has 3 nitrogen and oxygen atoms in total. The molecule has 104 valence electrons. The Bertz CT molecular complexity index is 649. The molecular formula is C13H8Br2Cl2N2O.